The first-order valence-electron chi connectivity index (χ1n) is 7.66. The van der Waals surface area contributed by atoms with E-state index in [-0.39, 0.29) is 0 Å². The molecular formula is C15H28N4. The fourth-order valence-corrected chi connectivity index (χ4v) is 2.99. The first kappa shape index (κ1) is 14.5. The van der Waals surface area contributed by atoms with Gasteiger partial charge in [0.25, 0.3) is 0 Å². The summed E-state index contributed by atoms with van der Waals surface area (Å²) >= 11 is 0. The molecule has 108 valence electrons. The third-order valence-corrected chi connectivity index (χ3v) is 4.42. The molecule has 0 aromatic carbocycles. The van der Waals surface area contributed by atoms with E-state index in [2.05, 4.69) is 42.6 Å². The summed E-state index contributed by atoms with van der Waals surface area (Å²) < 4.78 is 2.13. The van der Waals surface area contributed by atoms with E-state index in [1.165, 1.54) is 12.1 Å². The maximum atomic E-state index is 5.99. The summed E-state index contributed by atoms with van der Waals surface area (Å²) in [5, 5.41) is 4.73. The van der Waals surface area contributed by atoms with Crippen LogP contribution in [0.4, 0.5) is 0 Å². The molecule has 4 heteroatoms. The second kappa shape index (κ2) is 6.53. The average molecular weight is 264 g/mol. The fraction of sp³-hybridized carbons (Fsp3) is 0.800. The maximum Gasteiger partial charge on any atom is 0.0764 e. The van der Waals surface area contributed by atoms with Crippen molar-refractivity contribution in [2.45, 2.75) is 58.7 Å². The van der Waals surface area contributed by atoms with Crippen molar-refractivity contribution >= 4 is 0 Å². The molecule has 2 unspecified atom stereocenters. The minimum absolute atomic E-state index is 0.312. The summed E-state index contributed by atoms with van der Waals surface area (Å²) in [5.74, 6) is 0.654. The molecule has 1 aliphatic heterocycles. The molecule has 0 saturated carbocycles. The number of hydrogen-bond acceptors (Lipinski definition) is 3. The summed E-state index contributed by atoms with van der Waals surface area (Å²) in [6.45, 7) is 9.82. The Bertz CT molecular complexity index is 381. The Hall–Kier alpha value is -0.870. The van der Waals surface area contributed by atoms with Gasteiger partial charge in [0.15, 0.2) is 0 Å². The summed E-state index contributed by atoms with van der Waals surface area (Å²) in [5.41, 5.74) is 7.18. The van der Waals surface area contributed by atoms with E-state index in [9.17, 15) is 0 Å². The highest BCUT2D eigenvalue weighted by Gasteiger charge is 2.25. The number of likely N-dealkylation sites (tertiary alicyclic amines) is 1. The van der Waals surface area contributed by atoms with Crippen molar-refractivity contribution in [2.75, 3.05) is 13.1 Å². The van der Waals surface area contributed by atoms with E-state index >= 15 is 0 Å². The van der Waals surface area contributed by atoms with Crippen molar-refractivity contribution in [3.63, 3.8) is 0 Å². The van der Waals surface area contributed by atoms with Crippen LogP contribution in [0.1, 0.15) is 51.8 Å². The Labute approximate surface area is 117 Å². The third kappa shape index (κ3) is 3.57. The van der Waals surface area contributed by atoms with Crippen LogP contribution in [0.2, 0.25) is 0 Å². The average Bonchev–Trinajstić information content (AvgIpc) is 3.01. The highest BCUT2D eigenvalue weighted by Crippen LogP contribution is 2.21. The normalized spacial score (nSPS) is 22.3. The quantitative estimate of drug-likeness (QED) is 0.858. The third-order valence-electron chi connectivity index (χ3n) is 4.42. The van der Waals surface area contributed by atoms with Crippen LogP contribution in [-0.2, 0) is 6.54 Å². The first-order chi connectivity index (χ1) is 9.13. The zero-order chi connectivity index (χ0) is 13.8. The topological polar surface area (TPSA) is 47.1 Å². The second-order valence-corrected chi connectivity index (χ2v) is 5.90. The van der Waals surface area contributed by atoms with E-state index in [4.69, 9.17) is 10.8 Å². The minimum atomic E-state index is 0.312. The lowest BCUT2D eigenvalue weighted by atomic mass is 10.0. The lowest BCUT2D eigenvalue weighted by molar-refractivity contribution is 0.302. The summed E-state index contributed by atoms with van der Waals surface area (Å²) in [6.07, 6.45) is 5.65. The minimum Gasteiger partial charge on any atom is -0.328 e. The van der Waals surface area contributed by atoms with Crippen LogP contribution in [0.15, 0.2) is 12.3 Å². The molecular weight excluding hydrogens is 236 g/mol. The van der Waals surface area contributed by atoms with Gasteiger partial charge in [-0.15, -0.1) is 0 Å². The van der Waals surface area contributed by atoms with Gasteiger partial charge in [0, 0.05) is 25.3 Å². The van der Waals surface area contributed by atoms with Crippen molar-refractivity contribution in [3.05, 3.63) is 18.0 Å². The molecule has 0 radical (unpaired) electrons. The number of nitrogens with two attached hydrogens (primary N) is 1. The number of rotatable bonds is 6. The molecule has 2 rings (SSSR count). The predicted molar refractivity (Wildman–Crippen MR) is 78.9 cm³/mol. The Morgan fingerprint density at radius 3 is 2.74 bits per heavy atom. The van der Waals surface area contributed by atoms with Gasteiger partial charge >= 0.3 is 0 Å². The molecule has 1 aromatic heterocycles. The van der Waals surface area contributed by atoms with Crippen LogP contribution >= 0.6 is 0 Å². The van der Waals surface area contributed by atoms with Gasteiger partial charge < -0.3 is 5.73 Å². The highest BCUT2D eigenvalue weighted by atomic mass is 15.3. The fourth-order valence-electron chi connectivity index (χ4n) is 2.99. The monoisotopic (exact) mass is 264 g/mol. The smallest absolute Gasteiger partial charge is 0.0764 e. The van der Waals surface area contributed by atoms with E-state index < -0.39 is 0 Å². The van der Waals surface area contributed by atoms with E-state index in [0.717, 1.165) is 32.5 Å². The Morgan fingerprint density at radius 1 is 1.42 bits per heavy atom. The second-order valence-electron chi connectivity index (χ2n) is 5.90. The Balaban J connectivity index is 1.90. The van der Waals surface area contributed by atoms with Crippen molar-refractivity contribution in [1.29, 1.82) is 0 Å². The molecule has 0 amide bonds. The van der Waals surface area contributed by atoms with Gasteiger partial charge in [-0.1, -0.05) is 13.8 Å². The van der Waals surface area contributed by atoms with E-state index in [1.807, 2.05) is 0 Å². The molecule has 1 aromatic rings. The number of aromatic nitrogens is 2. The van der Waals surface area contributed by atoms with Crippen molar-refractivity contribution in [1.82, 2.24) is 14.7 Å². The number of nitrogens with zero attached hydrogens (tertiary/aromatic N) is 3. The van der Waals surface area contributed by atoms with Gasteiger partial charge in [-0.05, 0) is 44.7 Å². The van der Waals surface area contributed by atoms with Crippen LogP contribution in [-0.4, -0.2) is 33.8 Å². The van der Waals surface area contributed by atoms with Gasteiger partial charge in [-0.2, -0.15) is 5.10 Å². The molecule has 1 aliphatic rings. The van der Waals surface area contributed by atoms with Crippen molar-refractivity contribution in [2.24, 2.45) is 11.7 Å². The molecule has 2 atom stereocenters. The number of hydrogen-bond donors (Lipinski definition) is 1. The zero-order valence-electron chi connectivity index (χ0n) is 12.5. The van der Waals surface area contributed by atoms with Gasteiger partial charge in [0.1, 0.15) is 0 Å². The molecule has 1 saturated heterocycles. The summed E-state index contributed by atoms with van der Waals surface area (Å²) in [6, 6.07) is 3.02. The lowest BCUT2D eigenvalue weighted by Crippen LogP contribution is -2.29. The van der Waals surface area contributed by atoms with Crippen molar-refractivity contribution < 1.29 is 0 Å². The Kier molecular flexibility index (Phi) is 4.99. The molecule has 0 aliphatic carbocycles. The molecule has 0 spiro atoms. The highest BCUT2D eigenvalue weighted by molar-refractivity contribution is 5.00. The molecule has 2 heterocycles. The van der Waals surface area contributed by atoms with Crippen LogP contribution in [0.25, 0.3) is 0 Å². The molecule has 4 nitrogen and oxygen atoms in total. The van der Waals surface area contributed by atoms with Crippen LogP contribution in [0.3, 0.4) is 0 Å². The molecule has 1 fully saturated rings. The maximum absolute atomic E-state index is 5.99. The van der Waals surface area contributed by atoms with Crippen molar-refractivity contribution in [3.8, 4) is 0 Å². The standard InChI is InChI=1S/C15H28N4/c1-4-15(5-2)19-9-7-14(17-19)11-18-8-6-13(10-18)12(3)16/h7,9,12-13,15H,4-6,8,10-11,16H2,1-3H3. The predicted octanol–water partition coefficient (Wildman–Crippen LogP) is 2.41. The van der Waals surface area contributed by atoms with E-state index in [0.29, 0.717) is 18.0 Å². The first-order valence-corrected chi connectivity index (χ1v) is 7.66. The molecule has 0 bridgehead atoms. The SMILES string of the molecule is CCC(CC)n1ccc(CN2CCC(C(C)N)C2)n1. The molecule has 19 heavy (non-hydrogen) atoms. The van der Waals surface area contributed by atoms with Crippen LogP contribution in [0, 0.1) is 5.92 Å². The summed E-state index contributed by atoms with van der Waals surface area (Å²) in [7, 11) is 0. The van der Waals surface area contributed by atoms with Gasteiger partial charge in [0.05, 0.1) is 11.7 Å². The summed E-state index contributed by atoms with van der Waals surface area (Å²) in [4.78, 5) is 2.48. The van der Waals surface area contributed by atoms with Gasteiger partial charge in [-0.3, -0.25) is 9.58 Å². The lowest BCUT2D eigenvalue weighted by Gasteiger charge is -2.17. The largest absolute Gasteiger partial charge is 0.328 e. The molecule has 2 N–H and O–H groups in total. The van der Waals surface area contributed by atoms with E-state index in [1.54, 1.807) is 0 Å². The Morgan fingerprint density at radius 2 is 2.16 bits per heavy atom. The van der Waals surface area contributed by atoms with Gasteiger partial charge in [0.2, 0.25) is 0 Å². The zero-order valence-corrected chi connectivity index (χ0v) is 12.5. The van der Waals surface area contributed by atoms with Crippen LogP contribution < -0.4 is 5.73 Å². The van der Waals surface area contributed by atoms with Gasteiger partial charge in [-0.25, -0.2) is 0 Å². The van der Waals surface area contributed by atoms with Crippen LogP contribution in [0.5, 0.6) is 0 Å².